The van der Waals surface area contributed by atoms with Crippen LogP contribution < -0.4 is 5.32 Å². The molecular formula is C23H18N4O5S. The van der Waals surface area contributed by atoms with Gasteiger partial charge < -0.3 is 9.88 Å². The lowest BCUT2D eigenvalue weighted by molar-refractivity contribution is -0.384. The zero-order valence-electron chi connectivity index (χ0n) is 17.4. The molecule has 33 heavy (non-hydrogen) atoms. The van der Waals surface area contributed by atoms with Crippen LogP contribution in [0.4, 0.5) is 16.2 Å². The molecule has 1 fully saturated rings. The first-order valence-corrected chi connectivity index (χ1v) is 10.7. The molecule has 0 saturated carbocycles. The molecule has 1 aromatic heterocycles. The topological polar surface area (TPSA) is 115 Å². The van der Waals surface area contributed by atoms with E-state index in [1.165, 1.54) is 18.2 Å². The van der Waals surface area contributed by atoms with E-state index < -0.39 is 28.5 Å². The highest BCUT2D eigenvalue weighted by atomic mass is 32.2. The fourth-order valence-corrected chi connectivity index (χ4v) is 4.16. The Kier molecular flexibility index (Phi) is 6.09. The minimum atomic E-state index is -0.573. The Morgan fingerprint density at radius 2 is 1.91 bits per heavy atom. The maximum Gasteiger partial charge on any atom is 0.294 e. The Morgan fingerprint density at radius 3 is 2.67 bits per heavy atom. The molecule has 0 spiro atoms. The van der Waals surface area contributed by atoms with Gasteiger partial charge in [-0.05, 0) is 60.7 Å². The molecule has 1 aliphatic rings. The molecule has 3 aromatic rings. The predicted octanol–water partition coefficient (Wildman–Crippen LogP) is 4.37. The van der Waals surface area contributed by atoms with Crippen LogP contribution in [0.25, 0.3) is 11.8 Å². The van der Waals surface area contributed by atoms with Crippen LogP contribution in [0.5, 0.6) is 0 Å². The van der Waals surface area contributed by atoms with Crippen LogP contribution in [0.15, 0.2) is 71.8 Å². The van der Waals surface area contributed by atoms with Gasteiger partial charge in [0.05, 0.1) is 15.5 Å². The molecule has 0 bridgehead atoms. The lowest BCUT2D eigenvalue weighted by Gasteiger charge is -2.12. The van der Waals surface area contributed by atoms with Gasteiger partial charge in [0.25, 0.3) is 16.8 Å². The number of nitro groups is 1. The fraction of sp³-hybridized carbons (Fsp3) is 0.0870. The van der Waals surface area contributed by atoms with Gasteiger partial charge in [-0.25, -0.2) is 0 Å². The quantitative estimate of drug-likeness (QED) is 0.331. The van der Waals surface area contributed by atoms with Crippen molar-refractivity contribution < 1.29 is 19.3 Å². The summed E-state index contributed by atoms with van der Waals surface area (Å²) >= 11 is 0.740. The number of hydrogen-bond acceptors (Lipinski definition) is 6. The second-order valence-electron chi connectivity index (χ2n) is 7.27. The Labute approximate surface area is 192 Å². The van der Waals surface area contributed by atoms with E-state index in [1.54, 1.807) is 53.2 Å². The first kappa shape index (κ1) is 22.0. The highest BCUT2D eigenvalue weighted by molar-refractivity contribution is 8.18. The summed E-state index contributed by atoms with van der Waals surface area (Å²) in [4.78, 5) is 49.2. The normalized spacial score (nSPS) is 14.7. The molecule has 0 atom stereocenters. The van der Waals surface area contributed by atoms with E-state index in [-0.39, 0.29) is 10.6 Å². The van der Waals surface area contributed by atoms with Gasteiger partial charge in [0, 0.05) is 29.7 Å². The van der Waals surface area contributed by atoms with Crippen molar-refractivity contribution in [3.05, 3.63) is 93.1 Å². The van der Waals surface area contributed by atoms with Gasteiger partial charge in [-0.1, -0.05) is 18.2 Å². The summed E-state index contributed by atoms with van der Waals surface area (Å²) in [5.41, 5.74) is 2.58. The largest absolute Gasteiger partial charge is 0.325 e. The summed E-state index contributed by atoms with van der Waals surface area (Å²) in [6, 6.07) is 16.7. The third-order valence-electron chi connectivity index (χ3n) is 4.86. The van der Waals surface area contributed by atoms with Crippen LogP contribution in [-0.2, 0) is 9.59 Å². The third-order valence-corrected chi connectivity index (χ3v) is 5.76. The number of carbonyl (C=O) groups excluding carboxylic acids is 3. The van der Waals surface area contributed by atoms with Crippen molar-refractivity contribution in [3.63, 3.8) is 0 Å². The number of aryl methyl sites for hydroxylation is 1. The average Bonchev–Trinajstić information content (AvgIpc) is 3.34. The van der Waals surface area contributed by atoms with Crippen LogP contribution in [0.2, 0.25) is 0 Å². The average molecular weight is 462 g/mol. The van der Waals surface area contributed by atoms with E-state index in [1.807, 2.05) is 13.0 Å². The van der Waals surface area contributed by atoms with Gasteiger partial charge in [0.1, 0.15) is 6.54 Å². The van der Waals surface area contributed by atoms with E-state index in [4.69, 9.17) is 0 Å². The fourth-order valence-electron chi connectivity index (χ4n) is 3.34. The Balaban J connectivity index is 1.52. The Bertz CT molecular complexity index is 1310. The molecule has 0 aliphatic carbocycles. The molecule has 1 saturated heterocycles. The number of nitro benzene ring substituents is 1. The Hall–Kier alpha value is -4.18. The lowest BCUT2D eigenvalue weighted by Crippen LogP contribution is -2.36. The van der Waals surface area contributed by atoms with E-state index >= 15 is 0 Å². The van der Waals surface area contributed by atoms with Gasteiger partial charge >= 0.3 is 0 Å². The lowest BCUT2D eigenvalue weighted by atomic mass is 10.2. The van der Waals surface area contributed by atoms with E-state index in [0.717, 1.165) is 22.2 Å². The first-order valence-electron chi connectivity index (χ1n) is 9.86. The van der Waals surface area contributed by atoms with E-state index in [9.17, 15) is 24.5 Å². The monoisotopic (exact) mass is 462 g/mol. The summed E-state index contributed by atoms with van der Waals surface area (Å²) < 4.78 is 1.67. The molecule has 4 rings (SSSR count). The number of amides is 3. The molecule has 0 radical (unpaired) electrons. The second-order valence-corrected chi connectivity index (χ2v) is 8.26. The van der Waals surface area contributed by atoms with Crippen molar-refractivity contribution in [2.24, 2.45) is 0 Å². The molecule has 9 nitrogen and oxygen atoms in total. The molecule has 1 N–H and O–H groups in total. The maximum absolute atomic E-state index is 12.8. The van der Waals surface area contributed by atoms with Crippen molar-refractivity contribution in [1.82, 2.24) is 9.47 Å². The molecule has 2 heterocycles. The first-order chi connectivity index (χ1) is 15.8. The van der Waals surface area contributed by atoms with Crippen molar-refractivity contribution >= 4 is 46.3 Å². The van der Waals surface area contributed by atoms with Crippen molar-refractivity contribution in [2.75, 3.05) is 11.9 Å². The summed E-state index contributed by atoms with van der Waals surface area (Å²) in [7, 11) is 0. The number of nitrogens with one attached hydrogen (secondary N) is 1. The molecular weight excluding hydrogens is 444 g/mol. The van der Waals surface area contributed by atoms with Gasteiger partial charge in [0.15, 0.2) is 0 Å². The van der Waals surface area contributed by atoms with Crippen molar-refractivity contribution in [3.8, 4) is 5.69 Å². The summed E-state index contributed by atoms with van der Waals surface area (Å²) in [5, 5.41) is 13.2. The zero-order chi connectivity index (χ0) is 23.5. The highest BCUT2D eigenvalue weighted by Crippen LogP contribution is 2.32. The SMILES string of the molecule is Cc1cccc(NC(=O)CN2C(=O)S/C(=C\c3cccn3-c3cccc([N+](=O)[O-])c3)C2=O)c1. The van der Waals surface area contributed by atoms with Crippen molar-refractivity contribution in [1.29, 1.82) is 0 Å². The number of nitrogens with zero attached hydrogens (tertiary/aromatic N) is 3. The third kappa shape index (κ3) is 4.85. The number of thioether (sulfide) groups is 1. The van der Waals surface area contributed by atoms with Crippen LogP contribution in [-0.4, -0.2) is 38.0 Å². The number of anilines is 1. The smallest absolute Gasteiger partial charge is 0.294 e. The van der Waals surface area contributed by atoms with Gasteiger partial charge in [-0.3, -0.25) is 29.4 Å². The molecule has 166 valence electrons. The number of imide groups is 1. The van der Waals surface area contributed by atoms with Crippen LogP contribution in [0.1, 0.15) is 11.3 Å². The Morgan fingerprint density at radius 1 is 1.12 bits per heavy atom. The number of aromatic nitrogens is 1. The minimum Gasteiger partial charge on any atom is -0.325 e. The number of carbonyl (C=O) groups is 3. The van der Waals surface area contributed by atoms with Crippen molar-refractivity contribution in [2.45, 2.75) is 6.92 Å². The standard InChI is InChI=1S/C23H18N4O5S/c1-15-5-2-6-16(11-15)24-21(28)14-26-22(29)20(33-23(26)30)13-18-9-4-10-25(18)17-7-3-8-19(12-17)27(31)32/h2-13H,14H2,1H3,(H,24,28)/b20-13-. The summed E-state index contributed by atoms with van der Waals surface area (Å²) in [6.07, 6.45) is 3.23. The van der Waals surface area contributed by atoms with Crippen LogP contribution >= 0.6 is 11.8 Å². The number of non-ortho nitro benzene ring substituents is 1. The molecule has 1 aliphatic heterocycles. The van der Waals surface area contributed by atoms with Gasteiger partial charge in [0.2, 0.25) is 5.91 Å². The molecule has 2 aromatic carbocycles. The summed E-state index contributed by atoms with van der Waals surface area (Å²) in [6.45, 7) is 1.49. The zero-order valence-corrected chi connectivity index (χ0v) is 18.2. The van der Waals surface area contributed by atoms with Gasteiger partial charge in [-0.2, -0.15) is 0 Å². The molecule has 10 heteroatoms. The van der Waals surface area contributed by atoms with E-state index in [2.05, 4.69) is 5.32 Å². The number of hydrogen-bond donors (Lipinski definition) is 1. The summed E-state index contributed by atoms with van der Waals surface area (Å²) in [5.74, 6) is -1.06. The molecule has 3 amide bonds. The molecule has 0 unspecified atom stereocenters. The number of rotatable bonds is 6. The highest BCUT2D eigenvalue weighted by Gasteiger charge is 2.36. The number of benzene rings is 2. The second kappa shape index (κ2) is 9.13. The van der Waals surface area contributed by atoms with Crippen LogP contribution in [0.3, 0.4) is 0 Å². The predicted molar refractivity (Wildman–Crippen MR) is 125 cm³/mol. The van der Waals surface area contributed by atoms with Gasteiger partial charge in [-0.15, -0.1) is 0 Å². The van der Waals surface area contributed by atoms with E-state index in [0.29, 0.717) is 17.1 Å². The minimum absolute atomic E-state index is 0.0629. The maximum atomic E-state index is 12.8. The van der Waals surface area contributed by atoms with Crippen LogP contribution in [0, 0.1) is 17.0 Å².